The Morgan fingerprint density at radius 2 is 1.23 bits per heavy atom. The van der Waals surface area contributed by atoms with Crippen molar-refractivity contribution in [3.8, 4) is 0 Å². The number of rotatable bonds is 18. The topological polar surface area (TPSA) is 270 Å². The first kappa shape index (κ1) is 37.6. The second-order valence-electron chi connectivity index (χ2n) is 12.1. The van der Waals surface area contributed by atoms with Crippen LogP contribution in [0.2, 0.25) is 0 Å². The average Bonchev–Trinajstić information content (AvgIpc) is 2.91. The van der Waals surface area contributed by atoms with Crippen LogP contribution < -0.4 is 44.2 Å². The molecule has 0 radical (unpaired) electrons. The van der Waals surface area contributed by atoms with Crippen LogP contribution in [0.25, 0.3) is 0 Å². The third kappa shape index (κ3) is 14.5. The Morgan fingerprint density at radius 3 is 1.74 bits per heavy atom. The van der Waals surface area contributed by atoms with Gasteiger partial charge in [0.05, 0.1) is 6.61 Å². The average molecular weight is 612 g/mol. The standard InChI is InChI=1S/C28H53N9O6/c1-15(2)12-20(23(30)39)35-25(41)19(6-5-11-33-28(31)32)34-26(42)21(13-16(3)4)36-27(43)22(14-38)37-24(40)17-7-9-18(29)10-8-17/h15-22,38H,5-14,29H2,1-4H3,(H2,30,39)(H,34,42)(H,35,41)(H,36,43)(H,37,40)(H4,31,32,33)/t17?,18?,19-,20-,21-,22-/m0/s1. The van der Waals surface area contributed by atoms with Gasteiger partial charge in [-0.3, -0.25) is 29.0 Å². The fourth-order valence-electron chi connectivity index (χ4n) is 4.87. The first-order valence-corrected chi connectivity index (χ1v) is 15.1. The van der Waals surface area contributed by atoms with E-state index in [1.165, 1.54) is 0 Å². The van der Waals surface area contributed by atoms with Crippen molar-refractivity contribution in [3.05, 3.63) is 0 Å². The summed E-state index contributed by atoms with van der Waals surface area (Å²) in [4.78, 5) is 68.4. The monoisotopic (exact) mass is 611 g/mol. The van der Waals surface area contributed by atoms with Gasteiger partial charge in [0.25, 0.3) is 0 Å². The van der Waals surface area contributed by atoms with Crippen molar-refractivity contribution in [2.24, 2.45) is 45.7 Å². The Hall–Kier alpha value is -3.46. The highest BCUT2D eigenvalue weighted by Crippen LogP contribution is 2.23. The molecule has 0 aliphatic heterocycles. The van der Waals surface area contributed by atoms with Crippen LogP contribution in [-0.4, -0.2) is 84.0 Å². The summed E-state index contributed by atoms with van der Waals surface area (Å²) in [6.45, 7) is 7.00. The van der Waals surface area contributed by atoms with Gasteiger partial charge in [-0.2, -0.15) is 0 Å². The van der Waals surface area contributed by atoms with Crippen molar-refractivity contribution in [3.63, 3.8) is 0 Å². The number of hydrogen-bond acceptors (Lipinski definition) is 8. The molecule has 15 heteroatoms. The van der Waals surface area contributed by atoms with E-state index in [9.17, 15) is 29.1 Å². The number of aliphatic hydroxyl groups excluding tert-OH is 1. The maximum atomic E-state index is 13.5. The van der Waals surface area contributed by atoms with E-state index in [0.29, 0.717) is 38.5 Å². The van der Waals surface area contributed by atoms with Crippen LogP contribution in [0.1, 0.15) is 79.1 Å². The molecule has 0 saturated heterocycles. The molecule has 15 nitrogen and oxygen atoms in total. The van der Waals surface area contributed by atoms with E-state index in [4.69, 9.17) is 22.9 Å². The van der Waals surface area contributed by atoms with Crippen LogP contribution in [0.15, 0.2) is 4.99 Å². The van der Waals surface area contributed by atoms with Crippen molar-refractivity contribution in [2.45, 2.75) is 109 Å². The van der Waals surface area contributed by atoms with E-state index < -0.39 is 54.4 Å². The maximum Gasteiger partial charge on any atom is 0.245 e. The number of guanidine groups is 1. The largest absolute Gasteiger partial charge is 0.394 e. The molecule has 246 valence electrons. The predicted octanol–water partition coefficient (Wildman–Crippen LogP) is -1.93. The number of nitrogens with zero attached hydrogens (tertiary/aromatic N) is 1. The van der Waals surface area contributed by atoms with Gasteiger partial charge in [-0.15, -0.1) is 0 Å². The Labute approximate surface area is 254 Å². The second-order valence-corrected chi connectivity index (χ2v) is 12.1. The Kier molecular flexibility index (Phi) is 16.6. The van der Waals surface area contributed by atoms with Crippen LogP contribution in [0, 0.1) is 17.8 Å². The number of nitrogens with two attached hydrogens (primary N) is 4. The van der Waals surface area contributed by atoms with Crippen molar-refractivity contribution in [2.75, 3.05) is 13.2 Å². The minimum Gasteiger partial charge on any atom is -0.394 e. The number of hydrogen-bond donors (Lipinski definition) is 9. The molecule has 1 fully saturated rings. The molecule has 1 aliphatic rings. The molecule has 0 unspecified atom stereocenters. The summed E-state index contributed by atoms with van der Waals surface area (Å²) >= 11 is 0. The van der Waals surface area contributed by atoms with Crippen molar-refractivity contribution in [1.82, 2.24) is 21.3 Å². The Bertz CT molecular complexity index is 962. The summed E-state index contributed by atoms with van der Waals surface area (Å²) in [5.41, 5.74) is 22.2. The molecule has 1 rings (SSSR count). The van der Waals surface area contributed by atoms with E-state index >= 15 is 0 Å². The first-order valence-electron chi connectivity index (χ1n) is 15.1. The van der Waals surface area contributed by atoms with E-state index in [-0.39, 0.29) is 55.0 Å². The van der Waals surface area contributed by atoms with Crippen LogP contribution >= 0.6 is 0 Å². The van der Waals surface area contributed by atoms with Crippen LogP contribution in [0.5, 0.6) is 0 Å². The Balaban J connectivity index is 3.04. The summed E-state index contributed by atoms with van der Waals surface area (Å²) in [7, 11) is 0. The molecule has 43 heavy (non-hydrogen) atoms. The fourth-order valence-corrected chi connectivity index (χ4v) is 4.87. The van der Waals surface area contributed by atoms with Gasteiger partial charge in [0.2, 0.25) is 29.5 Å². The van der Waals surface area contributed by atoms with Crippen LogP contribution in [-0.2, 0) is 24.0 Å². The molecule has 0 heterocycles. The number of carbonyl (C=O) groups is 5. The molecule has 0 aromatic rings. The van der Waals surface area contributed by atoms with Gasteiger partial charge >= 0.3 is 0 Å². The molecule has 0 aromatic heterocycles. The van der Waals surface area contributed by atoms with Crippen molar-refractivity contribution >= 4 is 35.5 Å². The molecule has 1 saturated carbocycles. The number of primary amides is 1. The quantitative estimate of drug-likeness (QED) is 0.0473. The summed E-state index contributed by atoms with van der Waals surface area (Å²) in [6, 6.07) is -4.33. The number of aliphatic imine (C=N–C) groups is 1. The molecule has 1 aliphatic carbocycles. The molecule has 0 bridgehead atoms. The molecule has 0 aromatic carbocycles. The summed E-state index contributed by atoms with van der Waals surface area (Å²) in [5.74, 6) is -3.46. The van der Waals surface area contributed by atoms with E-state index in [1.54, 1.807) is 0 Å². The van der Waals surface area contributed by atoms with E-state index in [2.05, 4.69) is 26.3 Å². The van der Waals surface area contributed by atoms with Gasteiger partial charge < -0.3 is 49.3 Å². The third-order valence-corrected chi connectivity index (χ3v) is 7.24. The predicted molar refractivity (Wildman–Crippen MR) is 163 cm³/mol. The lowest BCUT2D eigenvalue weighted by Crippen LogP contribution is -2.59. The molecular weight excluding hydrogens is 558 g/mol. The Morgan fingerprint density at radius 1 is 0.744 bits per heavy atom. The maximum absolute atomic E-state index is 13.5. The van der Waals surface area contributed by atoms with Crippen molar-refractivity contribution < 1.29 is 29.1 Å². The highest BCUT2D eigenvalue weighted by Gasteiger charge is 2.32. The van der Waals surface area contributed by atoms with Crippen LogP contribution in [0.4, 0.5) is 0 Å². The van der Waals surface area contributed by atoms with Gasteiger partial charge in [-0.05, 0) is 63.2 Å². The highest BCUT2D eigenvalue weighted by molar-refractivity contribution is 5.95. The normalized spacial score (nSPS) is 19.4. The number of nitrogens with one attached hydrogen (secondary N) is 4. The zero-order valence-electron chi connectivity index (χ0n) is 25.9. The summed E-state index contributed by atoms with van der Waals surface area (Å²) < 4.78 is 0. The number of amides is 5. The van der Waals surface area contributed by atoms with Gasteiger partial charge in [-0.1, -0.05) is 27.7 Å². The van der Waals surface area contributed by atoms with Gasteiger partial charge in [-0.25, -0.2) is 0 Å². The van der Waals surface area contributed by atoms with Gasteiger partial charge in [0, 0.05) is 18.5 Å². The molecule has 4 atom stereocenters. The lowest BCUT2D eigenvalue weighted by molar-refractivity contribution is -0.136. The zero-order chi connectivity index (χ0) is 32.7. The lowest BCUT2D eigenvalue weighted by Gasteiger charge is -2.28. The zero-order valence-corrected chi connectivity index (χ0v) is 25.9. The first-order chi connectivity index (χ1) is 20.1. The lowest BCUT2D eigenvalue weighted by atomic mass is 9.86. The molecule has 0 spiro atoms. The highest BCUT2D eigenvalue weighted by atomic mass is 16.3. The molecular formula is C28H53N9O6. The third-order valence-electron chi connectivity index (χ3n) is 7.24. The fraction of sp³-hybridized carbons (Fsp3) is 0.786. The van der Waals surface area contributed by atoms with Gasteiger partial charge in [0.15, 0.2) is 5.96 Å². The molecule has 5 amide bonds. The smallest absolute Gasteiger partial charge is 0.245 e. The van der Waals surface area contributed by atoms with Gasteiger partial charge in [0.1, 0.15) is 24.2 Å². The van der Waals surface area contributed by atoms with Crippen LogP contribution in [0.3, 0.4) is 0 Å². The minimum atomic E-state index is -1.27. The minimum absolute atomic E-state index is 0.0379. The molecule has 13 N–H and O–H groups in total. The van der Waals surface area contributed by atoms with E-state index in [0.717, 1.165) is 0 Å². The SMILES string of the molecule is CC(C)C[C@H](NC(=O)[C@H](CCCN=C(N)N)NC(=O)[C@H](CC(C)C)NC(=O)[C@H](CO)NC(=O)C1CCC(N)CC1)C(N)=O. The van der Waals surface area contributed by atoms with E-state index in [1.807, 2.05) is 27.7 Å². The summed E-state index contributed by atoms with van der Waals surface area (Å²) in [6.07, 6.45) is 3.55. The summed E-state index contributed by atoms with van der Waals surface area (Å²) in [5, 5.41) is 20.4. The second kappa shape index (κ2) is 18.9. The number of aliphatic hydroxyl groups is 1. The van der Waals surface area contributed by atoms with Crippen molar-refractivity contribution in [1.29, 1.82) is 0 Å². The number of carbonyl (C=O) groups excluding carboxylic acids is 5.